The summed E-state index contributed by atoms with van der Waals surface area (Å²) in [5.41, 5.74) is 9.20. The zero-order valence-electron chi connectivity index (χ0n) is 16.5. The number of nitrogens with zero attached hydrogens (tertiary/aromatic N) is 3. The molecule has 4 rings (SSSR count). The number of aliphatic imine (C=N–C) groups is 1. The molecule has 0 amide bonds. The Hall–Kier alpha value is -4.06. The Kier molecular flexibility index (Phi) is 6.05. The molecule has 6 nitrogen and oxygen atoms in total. The predicted molar refractivity (Wildman–Crippen MR) is 120 cm³/mol. The van der Waals surface area contributed by atoms with Gasteiger partial charge in [-0.15, -0.1) is 0 Å². The summed E-state index contributed by atoms with van der Waals surface area (Å²) in [4.78, 5) is 8.54. The molecule has 0 spiro atoms. The average Bonchev–Trinajstić information content (AvgIpc) is 3.27. The fraction of sp³-hybridized carbons (Fsp3) is 0.0833. The third-order valence-corrected chi connectivity index (χ3v) is 4.43. The first kappa shape index (κ1) is 19.3. The van der Waals surface area contributed by atoms with Gasteiger partial charge in [-0.2, -0.15) is 0 Å². The highest BCUT2D eigenvalue weighted by Crippen LogP contribution is 2.23. The third-order valence-electron chi connectivity index (χ3n) is 4.43. The van der Waals surface area contributed by atoms with E-state index in [4.69, 9.17) is 10.5 Å². The molecule has 3 aromatic carbocycles. The van der Waals surface area contributed by atoms with Crippen LogP contribution in [0.5, 0.6) is 11.5 Å². The molecular formula is C24H23N5O. The van der Waals surface area contributed by atoms with Crippen molar-refractivity contribution in [3.05, 3.63) is 109 Å². The van der Waals surface area contributed by atoms with E-state index in [9.17, 15) is 0 Å². The van der Waals surface area contributed by atoms with Crippen molar-refractivity contribution in [1.82, 2.24) is 9.55 Å². The van der Waals surface area contributed by atoms with Gasteiger partial charge in [-0.05, 0) is 35.4 Å². The summed E-state index contributed by atoms with van der Waals surface area (Å²) in [6.45, 7) is 1.27. The number of nitrogens with two attached hydrogens (primary N) is 1. The lowest BCUT2D eigenvalue weighted by Crippen LogP contribution is -2.22. The first-order chi connectivity index (χ1) is 14.7. The lowest BCUT2D eigenvalue weighted by molar-refractivity contribution is 0.483. The standard InChI is InChI=1S/C24H23N5O/c25-24(27-16-19-6-4-7-20(14-19)17-29-13-12-26-18-29)28-21-8-5-11-23(15-21)30-22-9-2-1-3-10-22/h1-15,18H,16-17H2,(H3,25,27,28). The number of aromatic nitrogens is 2. The molecule has 0 aliphatic heterocycles. The summed E-state index contributed by atoms with van der Waals surface area (Å²) in [7, 11) is 0. The van der Waals surface area contributed by atoms with E-state index in [0.717, 1.165) is 29.3 Å². The summed E-state index contributed by atoms with van der Waals surface area (Å²) in [5.74, 6) is 1.87. The molecule has 30 heavy (non-hydrogen) atoms. The topological polar surface area (TPSA) is 77.5 Å². The van der Waals surface area contributed by atoms with Crippen molar-refractivity contribution in [2.75, 3.05) is 5.32 Å². The van der Waals surface area contributed by atoms with Crippen LogP contribution in [-0.4, -0.2) is 15.5 Å². The minimum absolute atomic E-state index is 0.354. The average molecular weight is 397 g/mol. The lowest BCUT2D eigenvalue weighted by atomic mass is 10.1. The second-order valence-electron chi connectivity index (χ2n) is 6.82. The summed E-state index contributed by atoms with van der Waals surface area (Å²) in [5, 5.41) is 3.12. The maximum Gasteiger partial charge on any atom is 0.193 e. The quantitative estimate of drug-likeness (QED) is 0.351. The van der Waals surface area contributed by atoms with Crippen molar-refractivity contribution in [2.24, 2.45) is 10.7 Å². The zero-order valence-corrected chi connectivity index (χ0v) is 16.5. The van der Waals surface area contributed by atoms with Gasteiger partial charge in [0.25, 0.3) is 0 Å². The third kappa shape index (κ3) is 5.48. The van der Waals surface area contributed by atoms with Crippen LogP contribution in [0.4, 0.5) is 5.69 Å². The number of para-hydroxylation sites is 1. The highest BCUT2D eigenvalue weighted by atomic mass is 16.5. The van der Waals surface area contributed by atoms with Gasteiger partial charge >= 0.3 is 0 Å². The summed E-state index contributed by atoms with van der Waals surface area (Å²) in [6.07, 6.45) is 5.53. The zero-order chi connectivity index (χ0) is 20.6. The molecule has 0 atom stereocenters. The van der Waals surface area contributed by atoms with E-state index in [1.165, 1.54) is 5.56 Å². The molecular weight excluding hydrogens is 374 g/mol. The van der Waals surface area contributed by atoms with Gasteiger partial charge in [0.2, 0.25) is 0 Å². The Morgan fingerprint density at radius 3 is 2.57 bits per heavy atom. The van der Waals surface area contributed by atoms with Crippen LogP contribution < -0.4 is 15.8 Å². The summed E-state index contributed by atoms with van der Waals surface area (Å²) >= 11 is 0. The molecule has 1 heterocycles. The molecule has 0 fully saturated rings. The normalized spacial score (nSPS) is 11.3. The number of hydrogen-bond donors (Lipinski definition) is 2. The lowest BCUT2D eigenvalue weighted by Gasteiger charge is -2.09. The Bertz CT molecular complexity index is 1110. The number of ether oxygens (including phenoxy) is 1. The van der Waals surface area contributed by atoms with Crippen molar-refractivity contribution in [2.45, 2.75) is 13.1 Å². The van der Waals surface area contributed by atoms with Gasteiger partial charge in [0.15, 0.2) is 5.96 Å². The molecule has 1 aromatic heterocycles. The van der Waals surface area contributed by atoms with Crippen molar-refractivity contribution in [3.8, 4) is 11.5 Å². The SMILES string of the molecule is NC(=NCc1cccc(Cn2ccnc2)c1)Nc1cccc(Oc2ccccc2)c1. The fourth-order valence-corrected chi connectivity index (χ4v) is 3.04. The van der Waals surface area contributed by atoms with Crippen LogP contribution in [0.25, 0.3) is 0 Å². The van der Waals surface area contributed by atoms with Crippen LogP contribution in [0.3, 0.4) is 0 Å². The van der Waals surface area contributed by atoms with E-state index in [-0.39, 0.29) is 0 Å². The minimum atomic E-state index is 0.354. The maximum absolute atomic E-state index is 6.09. The molecule has 0 unspecified atom stereocenters. The molecule has 0 bridgehead atoms. The van der Waals surface area contributed by atoms with Crippen LogP contribution in [0.1, 0.15) is 11.1 Å². The highest BCUT2D eigenvalue weighted by molar-refractivity contribution is 5.92. The largest absolute Gasteiger partial charge is 0.457 e. The molecule has 4 aromatic rings. The molecule has 6 heteroatoms. The van der Waals surface area contributed by atoms with E-state index >= 15 is 0 Å². The predicted octanol–water partition coefficient (Wildman–Crippen LogP) is 4.65. The van der Waals surface area contributed by atoms with Gasteiger partial charge in [0, 0.05) is 30.7 Å². The van der Waals surface area contributed by atoms with E-state index in [1.54, 1.807) is 6.20 Å². The van der Waals surface area contributed by atoms with E-state index in [0.29, 0.717) is 12.5 Å². The van der Waals surface area contributed by atoms with Crippen LogP contribution in [-0.2, 0) is 13.1 Å². The van der Waals surface area contributed by atoms with Crippen molar-refractivity contribution in [3.63, 3.8) is 0 Å². The summed E-state index contributed by atoms with van der Waals surface area (Å²) < 4.78 is 7.89. The van der Waals surface area contributed by atoms with E-state index < -0.39 is 0 Å². The molecule has 0 saturated heterocycles. The van der Waals surface area contributed by atoms with Gasteiger partial charge < -0.3 is 20.4 Å². The smallest absolute Gasteiger partial charge is 0.193 e. The Balaban J connectivity index is 1.37. The molecule has 0 aliphatic carbocycles. The number of rotatable bonds is 7. The Morgan fingerprint density at radius 1 is 0.933 bits per heavy atom. The van der Waals surface area contributed by atoms with Crippen molar-refractivity contribution in [1.29, 1.82) is 0 Å². The second kappa shape index (κ2) is 9.43. The van der Waals surface area contributed by atoms with Crippen LogP contribution >= 0.6 is 0 Å². The Morgan fingerprint density at radius 2 is 1.73 bits per heavy atom. The number of imidazole rings is 1. The monoisotopic (exact) mass is 397 g/mol. The molecule has 3 N–H and O–H groups in total. The van der Waals surface area contributed by atoms with Gasteiger partial charge in [0.1, 0.15) is 11.5 Å². The highest BCUT2D eigenvalue weighted by Gasteiger charge is 2.01. The summed E-state index contributed by atoms with van der Waals surface area (Å²) in [6, 6.07) is 25.6. The first-order valence-corrected chi connectivity index (χ1v) is 9.68. The second-order valence-corrected chi connectivity index (χ2v) is 6.82. The number of guanidine groups is 1. The van der Waals surface area contributed by atoms with Crippen LogP contribution in [0.2, 0.25) is 0 Å². The first-order valence-electron chi connectivity index (χ1n) is 9.68. The maximum atomic E-state index is 6.09. The van der Waals surface area contributed by atoms with Crippen molar-refractivity contribution < 1.29 is 4.74 Å². The number of hydrogen-bond acceptors (Lipinski definition) is 3. The van der Waals surface area contributed by atoms with Gasteiger partial charge in [-0.25, -0.2) is 9.98 Å². The van der Waals surface area contributed by atoms with Crippen LogP contribution in [0.15, 0.2) is 103 Å². The molecule has 150 valence electrons. The number of nitrogens with one attached hydrogen (secondary N) is 1. The molecule has 0 radical (unpaired) electrons. The van der Waals surface area contributed by atoms with Gasteiger partial charge in [0.05, 0.1) is 12.9 Å². The fourth-order valence-electron chi connectivity index (χ4n) is 3.04. The van der Waals surface area contributed by atoms with Crippen molar-refractivity contribution >= 4 is 11.6 Å². The van der Waals surface area contributed by atoms with E-state index in [2.05, 4.69) is 27.4 Å². The van der Waals surface area contributed by atoms with Gasteiger partial charge in [-0.1, -0.05) is 48.5 Å². The molecule has 0 aliphatic rings. The van der Waals surface area contributed by atoms with E-state index in [1.807, 2.05) is 83.8 Å². The number of benzene rings is 3. The molecule has 0 saturated carbocycles. The number of anilines is 1. The van der Waals surface area contributed by atoms with Gasteiger partial charge in [-0.3, -0.25) is 0 Å². The minimum Gasteiger partial charge on any atom is -0.457 e. The Labute approximate surface area is 175 Å². The van der Waals surface area contributed by atoms with Crippen LogP contribution in [0, 0.1) is 0 Å².